The lowest BCUT2D eigenvalue weighted by atomic mass is 9.78. The zero-order valence-electron chi connectivity index (χ0n) is 21.9. The number of hydrogen-bond acceptors (Lipinski definition) is 4. The van der Waals surface area contributed by atoms with Crippen LogP contribution in [0.2, 0.25) is 0 Å². The summed E-state index contributed by atoms with van der Waals surface area (Å²) in [5.41, 5.74) is 10.4. The van der Waals surface area contributed by atoms with Gasteiger partial charge in [-0.15, -0.1) is 0 Å². The third kappa shape index (κ3) is 5.51. The topological polar surface area (TPSA) is 73.2 Å². The Morgan fingerprint density at radius 1 is 0.833 bits per heavy atom. The first-order valence-electron chi connectivity index (χ1n) is 12.8. The molecule has 36 heavy (non-hydrogen) atoms. The number of nitrogens with two attached hydrogens (primary N) is 1. The maximum Gasteiger partial charge on any atom is 0.494 e. The van der Waals surface area contributed by atoms with Crippen molar-refractivity contribution in [3.8, 4) is 11.1 Å². The lowest BCUT2D eigenvalue weighted by Gasteiger charge is -2.32. The molecule has 3 aromatic carbocycles. The Bertz CT molecular complexity index is 1300. The molecule has 1 aliphatic heterocycles. The number of aryl methyl sites for hydroxylation is 1. The highest BCUT2D eigenvalue weighted by Crippen LogP contribution is 2.36. The Labute approximate surface area is 216 Å². The molecular weight excluding hydrogens is 445 g/mol. The van der Waals surface area contributed by atoms with Gasteiger partial charge in [0, 0.05) is 6.42 Å². The molecule has 0 spiro atoms. The fourth-order valence-electron chi connectivity index (χ4n) is 4.37. The molecule has 1 fully saturated rings. The molecule has 0 unspecified atom stereocenters. The molecule has 3 N–H and O–H groups in total. The van der Waals surface area contributed by atoms with Gasteiger partial charge in [0.05, 0.1) is 22.2 Å². The summed E-state index contributed by atoms with van der Waals surface area (Å²) in [6.07, 6.45) is 3.01. The molecule has 0 aliphatic carbocycles. The van der Waals surface area contributed by atoms with Crippen LogP contribution in [0.5, 0.6) is 0 Å². The number of aromatic nitrogens is 2. The van der Waals surface area contributed by atoms with Crippen molar-refractivity contribution in [2.45, 2.75) is 79.4 Å². The van der Waals surface area contributed by atoms with Crippen LogP contribution >= 0.6 is 0 Å². The lowest BCUT2D eigenvalue weighted by Crippen LogP contribution is -2.41. The highest BCUT2D eigenvalue weighted by atomic mass is 16.7. The second-order valence-electron chi connectivity index (χ2n) is 10.1. The van der Waals surface area contributed by atoms with E-state index in [1.807, 2.05) is 13.8 Å². The van der Waals surface area contributed by atoms with Gasteiger partial charge >= 0.3 is 7.12 Å². The van der Waals surface area contributed by atoms with E-state index in [2.05, 4.69) is 87.3 Å². The van der Waals surface area contributed by atoms with Crippen LogP contribution in [-0.2, 0) is 15.7 Å². The van der Waals surface area contributed by atoms with Gasteiger partial charge in [-0.25, -0.2) is 4.98 Å². The van der Waals surface area contributed by atoms with Crippen LogP contribution in [0.25, 0.3) is 32.9 Å². The van der Waals surface area contributed by atoms with Gasteiger partial charge in [0.25, 0.3) is 0 Å². The van der Waals surface area contributed by atoms with Crippen molar-refractivity contribution >= 4 is 34.4 Å². The minimum atomic E-state index is -0.359. The zero-order chi connectivity index (χ0) is 25.2. The third-order valence-corrected chi connectivity index (χ3v) is 7.12. The number of hydrogen-bond donors (Lipinski definition) is 2. The van der Waals surface area contributed by atoms with E-state index in [9.17, 15) is 0 Å². The van der Waals surface area contributed by atoms with Crippen LogP contribution < -0.4 is 11.2 Å². The van der Waals surface area contributed by atoms with E-state index in [1.165, 1.54) is 21.9 Å². The van der Waals surface area contributed by atoms with Crippen molar-refractivity contribution in [1.29, 1.82) is 0 Å². The van der Waals surface area contributed by atoms with Gasteiger partial charge in [-0.2, -0.15) is 0 Å². The summed E-state index contributed by atoms with van der Waals surface area (Å²) in [6, 6.07) is 19.5. The Kier molecular flexibility index (Phi) is 8.65. The molecule has 0 bridgehead atoms. The van der Waals surface area contributed by atoms with Gasteiger partial charge in [0.15, 0.2) is 0 Å². The van der Waals surface area contributed by atoms with Gasteiger partial charge < -0.3 is 20.0 Å². The molecule has 6 heteroatoms. The fraction of sp³-hybridized carbons (Fsp3) is 0.433. The Hall–Kier alpha value is -2.67. The van der Waals surface area contributed by atoms with Gasteiger partial charge in [0.1, 0.15) is 5.82 Å². The second-order valence-corrected chi connectivity index (χ2v) is 10.1. The average molecular weight is 487 g/mol. The Balaban J connectivity index is 0.00000117. The molecular formula is C30H42BN3O2. The first kappa shape index (κ1) is 27.9. The summed E-state index contributed by atoms with van der Waals surface area (Å²) in [7, 11) is -0.359. The smallest absolute Gasteiger partial charge is 0.399 e. The SMILES string of the molecule is C.CC.CC1(C)OB(c2ccc3ccc(-c4ccc5nc(CCCCN)[nH]c5c4)cc3c2)OC1(C)C. The van der Waals surface area contributed by atoms with Gasteiger partial charge in [0.2, 0.25) is 0 Å². The molecule has 5 rings (SSSR count). The molecule has 4 aromatic rings. The summed E-state index contributed by atoms with van der Waals surface area (Å²) in [6.45, 7) is 13.1. The van der Waals surface area contributed by atoms with E-state index in [1.54, 1.807) is 0 Å². The van der Waals surface area contributed by atoms with Crippen molar-refractivity contribution < 1.29 is 9.31 Å². The predicted molar refractivity (Wildman–Crippen MR) is 155 cm³/mol. The van der Waals surface area contributed by atoms with Crippen LogP contribution in [0.1, 0.15) is 67.6 Å². The summed E-state index contributed by atoms with van der Waals surface area (Å²) in [5.74, 6) is 1.03. The zero-order valence-corrected chi connectivity index (χ0v) is 21.9. The van der Waals surface area contributed by atoms with Crippen molar-refractivity contribution in [2.75, 3.05) is 6.54 Å². The molecule has 2 heterocycles. The van der Waals surface area contributed by atoms with Gasteiger partial charge in [-0.1, -0.05) is 57.7 Å². The second kappa shape index (κ2) is 11.2. The van der Waals surface area contributed by atoms with E-state index in [-0.39, 0.29) is 25.7 Å². The number of imidazole rings is 1. The van der Waals surface area contributed by atoms with Crippen LogP contribution in [0.3, 0.4) is 0 Å². The molecule has 1 saturated heterocycles. The van der Waals surface area contributed by atoms with Gasteiger partial charge in [-0.05, 0) is 92.6 Å². The number of H-pyrrole nitrogens is 1. The minimum Gasteiger partial charge on any atom is -0.399 e. The number of fused-ring (bicyclic) bond motifs is 2. The monoisotopic (exact) mass is 487 g/mol. The number of nitrogens with zero attached hydrogens (tertiary/aromatic N) is 1. The molecule has 0 amide bonds. The standard InChI is InChI=1S/C27H32BN3O2.C2H6.CH4/c1-26(2)27(3,4)33-28(32-26)22-12-10-18-8-9-19(15-21(18)16-22)20-11-13-23-24(17-20)31-25(30-23)7-5-6-14-29;1-2;/h8-13,15-17H,5-7,14,29H2,1-4H3,(H,30,31);1-2H3;1H4. The van der Waals surface area contributed by atoms with Gasteiger partial charge in [-0.3, -0.25) is 0 Å². The number of rotatable bonds is 6. The maximum absolute atomic E-state index is 6.26. The fourth-order valence-corrected chi connectivity index (χ4v) is 4.37. The normalized spacial score (nSPS) is 16.0. The van der Waals surface area contributed by atoms with Crippen LogP contribution in [0, 0.1) is 0 Å². The van der Waals surface area contributed by atoms with E-state index in [0.29, 0.717) is 0 Å². The van der Waals surface area contributed by atoms with E-state index in [4.69, 9.17) is 20.0 Å². The number of unbranched alkanes of at least 4 members (excludes halogenated alkanes) is 1. The molecule has 192 valence electrons. The van der Waals surface area contributed by atoms with Crippen LogP contribution in [0.4, 0.5) is 0 Å². The highest BCUT2D eigenvalue weighted by Gasteiger charge is 2.51. The first-order chi connectivity index (χ1) is 16.8. The highest BCUT2D eigenvalue weighted by molar-refractivity contribution is 6.62. The van der Waals surface area contributed by atoms with Crippen molar-refractivity contribution in [2.24, 2.45) is 5.73 Å². The quantitative estimate of drug-likeness (QED) is 0.237. The lowest BCUT2D eigenvalue weighted by molar-refractivity contribution is 0.00578. The minimum absolute atomic E-state index is 0. The predicted octanol–water partition coefficient (Wildman–Crippen LogP) is 6.63. The molecule has 1 aliphatic rings. The van der Waals surface area contributed by atoms with E-state index in [0.717, 1.165) is 48.1 Å². The summed E-state index contributed by atoms with van der Waals surface area (Å²) >= 11 is 0. The van der Waals surface area contributed by atoms with Crippen LogP contribution in [0.15, 0.2) is 54.6 Å². The summed E-state index contributed by atoms with van der Waals surface area (Å²) < 4.78 is 12.5. The number of aromatic amines is 1. The Morgan fingerprint density at radius 3 is 2.17 bits per heavy atom. The maximum atomic E-state index is 6.26. The molecule has 0 radical (unpaired) electrons. The van der Waals surface area contributed by atoms with Crippen molar-refractivity contribution in [3.05, 3.63) is 60.4 Å². The molecule has 5 nitrogen and oxygen atoms in total. The van der Waals surface area contributed by atoms with Crippen LogP contribution in [-0.4, -0.2) is 34.8 Å². The summed E-state index contributed by atoms with van der Waals surface area (Å²) in [4.78, 5) is 8.20. The largest absolute Gasteiger partial charge is 0.494 e. The van der Waals surface area contributed by atoms with E-state index >= 15 is 0 Å². The molecule has 0 atom stereocenters. The van der Waals surface area contributed by atoms with Crippen molar-refractivity contribution in [1.82, 2.24) is 9.97 Å². The molecule has 0 saturated carbocycles. The number of nitrogens with one attached hydrogen (secondary N) is 1. The third-order valence-electron chi connectivity index (χ3n) is 7.12. The summed E-state index contributed by atoms with van der Waals surface area (Å²) in [5, 5.41) is 2.37. The van der Waals surface area contributed by atoms with Crippen molar-refractivity contribution in [3.63, 3.8) is 0 Å². The first-order valence-corrected chi connectivity index (χ1v) is 12.8. The van der Waals surface area contributed by atoms with E-state index < -0.39 is 0 Å². The average Bonchev–Trinajstić information content (AvgIpc) is 3.35. The number of benzene rings is 3. The Morgan fingerprint density at radius 2 is 1.47 bits per heavy atom. The molecule has 1 aromatic heterocycles.